The maximum Gasteiger partial charge on any atom is 0.417 e. The van der Waals surface area contributed by atoms with Gasteiger partial charge in [-0.2, -0.15) is 18.3 Å². The van der Waals surface area contributed by atoms with E-state index in [9.17, 15) is 18.0 Å². The largest absolute Gasteiger partial charge is 0.417 e. The number of rotatable bonds is 4. The summed E-state index contributed by atoms with van der Waals surface area (Å²) in [4.78, 5) is 13.4. The number of aryl methyl sites for hydroxylation is 1. The smallest absolute Gasteiger partial charge is 0.347 e. The van der Waals surface area contributed by atoms with E-state index in [2.05, 4.69) is 15.7 Å². The lowest BCUT2D eigenvalue weighted by Crippen LogP contribution is -2.49. The normalized spacial score (nSPS) is 19.0. The standard InChI is InChI=1S/C21H18Cl3F3N4OS/c1-31-18(15(23)8-29-31)12-7-17(33-19(12)24)20(32)30-16-9-28-5-4-11(16)10-2-3-14(22)13(6-10)21(25,26)27/h2-3,6-8,11,16,28H,4-5,9H2,1H3,(H,30,32)/t11-,16+/m0/s1. The molecule has 12 heteroatoms. The molecule has 2 atom stereocenters. The number of piperidine rings is 1. The zero-order valence-corrected chi connectivity index (χ0v) is 20.2. The van der Waals surface area contributed by atoms with Crippen molar-refractivity contribution >= 4 is 52.0 Å². The number of nitrogens with zero attached hydrogens (tertiary/aromatic N) is 2. The third-order valence-electron chi connectivity index (χ3n) is 5.58. The molecule has 0 aliphatic carbocycles. The number of thiophene rings is 1. The molecule has 1 saturated heterocycles. The van der Waals surface area contributed by atoms with Crippen LogP contribution in [0.1, 0.15) is 33.1 Å². The van der Waals surface area contributed by atoms with E-state index in [1.807, 2.05) is 0 Å². The molecule has 5 nitrogen and oxygen atoms in total. The van der Waals surface area contributed by atoms with Gasteiger partial charge in [0.1, 0.15) is 4.34 Å². The van der Waals surface area contributed by atoms with Gasteiger partial charge in [0.25, 0.3) is 5.91 Å². The average Bonchev–Trinajstić information content (AvgIpc) is 3.29. The molecule has 0 unspecified atom stereocenters. The van der Waals surface area contributed by atoms with E-state index in [1.54, 1.807) is 23.9 Å². The van der Waals surface area contributed by atoms with E-state index < -0.39 is 17.8 Å². The van der Waals surface area contributed by atoms with Gasteiger partial charge in [-0.05, 0) is 36.7 Å². The first kappa shape index (κ1) is 24.3. The van der Waals surface area contributed by atoms with Crippen molar-refractivity contribution in [2.24, 2.45) is 7.05 Å². The van der Waals surface area contributed by atoms with Crippen LogP contribution in [0.4, 0.5) is 13.2 Å². The van der Waals surface area contributed by atoms with Gasteiger partial charge < -0.3 is 10.6 Å². The van der Waals surface area contributed by atoms with Gasteiger partial charge in [0.05, 0.1) is 32.4 Å². The molecule has 1 aliphatic heterocycles. The first-order valence-electron chi connectivity index (χ1n) is 9.91. The average molecular weight is 538 g/mol. The van der Waals surface area contributed by atoms with Crippen molar-refractivity contribution < 1.29 is 18.0 Å². The quantitative estimate of drug-likeness (QED) is 0.429. The summed E-state index contributed by atoms with van der Waals surface area (Å²) in [6, 6.07) is 5.13. The summed E-state index contributed by atoms with van der Waals surface area (Å²) in [6.07, 6.45) is -2.51. The zero-order chi connectivity index (χ0) is 23.9. The zero-order valence-electron chi connectivity index (χ0n) is 17.1. The number of halogens is 6. The molecule has 33 heavy (non-hydrogen) atoms. The SMILES string of the molecule is Cn1ncc(Cl)c1-c1cc(C(=O)N[C@@H]2CNCC[C@H]2c2ccc(Cl)c(C(F)(F)F)c2)sc1Cl. The Kier molecular flexibility index (Phi) is 6.98. The lowest BCUT2D eigenvalue weighted by atomic mass is 9.85. The Bertz CT molecular complexity index is 1170. The Morgan fingerprint density at radius 2 is 2.00 bits per heavy atom. The van der Waals surface area contributed by atoms with E-state index in [4.69, 9.17) is 34.8 Å². The Balaban J connectivity index is 1.58. The number of carbonyl (C=O) groups excluding carboxylic acids is 1. The van der Waals surface area contributed by atoms with Gasteiger partial charge in [0.2, 0.25) is 0 Å². The molecule has 3 aromatic rings. The fourth-order valence-corrected chi connectivity index (χ4v) is 5.67. The highest BCUT2D eigenvalue weighted by molar-refractivity contribution is 7.18. The molecule has 0 bridgehead atoms. The maximum absolute atomic E-state index is 13.3. The fourth-order valence-electron chi connectivity index (χ4n) is 4.00. The van der Waals surface area contributed by atoms with Gasteiger partial charge in [-0.25, -0.2) is 0 Å². The minimum Gasteiger partial charge on any atom is -0.347 e. The number of alkyl halides is 3. The molecule has 2 aromatic heterocycles. The Morgan fingerprint density at radius 1 is 1.24 bits per heavy atom. The molecule has 1 fully saturated rings. The van der Waals surface area contributed by atoms with Gasteiger partial charge in [-0.3, -0.25) is 9.48 Å². The van der Waals surface area contributed by atoms with Crippen LogP contribution in [0.2, 0.25) is 14.4 Å². The fraction of sp³-hybridized carbons (Fsp3) is 0.333. The third kappa shape index (κ3) is 5.02. The Hall–Kier alpha value is -1.78. The van der Waals surface area contributed by atoms with E-state index in [-0.39, 0.29) is 16.8 Å². The van der Waals surface area contributed by atoms with Crippen LogP contribution in [-0.4, -0.2) is 34.8 Å². The van der Waals surface area contributed by atoms with Gasteiger partial charge in [0.15, 0.2) is 0 Å². The van der Waals surface area contributed by atoms with Crippen LogP contribution in [0.15, 0.2) is 30.5 Å². The summed E-state index contributed by atoms with van der Waals surface area (Å²) in [6.45, 7) is 1.04. The molecule has 2 N–H and O–H groups in total. The molecular formula is C21H18Cl3F3N4OS. The van der Waals surface area contributed by atoms with Crippen molar-refractivity contribution in [2.45, 2.75) is 24.6 Å². The van der Waals surface area contributed by atoms with Gasteiger partial charge in [-0.1, -0.05) is 40.9 Å². The van der Waals surface area contributed by atoms with Crippen LogP contribution < -0.4 is 10.6 Å². The van der Waals surface area contributed by atoms with Crippen LogP contribution in [0.3, 0.4) is 0 Å². The second-order valence-electron chi connectivity index (χ2n) is 7.68. The van der Waals surface area contributed by atoms with Crippen LogP contribution in [0.25, 0.3) is 11.3 Å². The number of amides is 1. The summed E-state index contributed by atoms with van der Waals surface area (Å²) in [7, 11) is 1.72. The van der Waals surface area contributed by atoms with E-state index in [1.165, 1.54) is 12.3 Å². The van der Waals surface area contributed by atoms with Crippen LogP contribution >= 0.6 is 46.1 Å². The molecular weight excluding hydrogens is 520 g/mol. The van der Waals surface area contributed by atoms with Crippen molar-refractivity contribution in [1.29, 1.82) is 0 Å². The first-order valence-corrected chi connectivity index (χ1v) is 11.9. The van der Waals surface area contributed by atoms with Gasteiger partial charge >= 0.3 is 6.18 Å². The van der Waals surface area contributed by atoms with Crippen LogP contribution in [0.5, 0.6) is 0 Å². The van der Waals surface area contributed by atoms with Gasteiger partial charge in [0, 0.05) is 31.1 Å². The van der Waals surface area contributed by atoms with E-state index in [0.717, 1.165) is 17.4 Å². The summed E-state index contributed by atoms with van der Waals surface area (Å²) in [5.74, 6) is -0.676. The first-order chi connectivity index (χ1) is 15.6. The highest BCUT2D eigenvalue weighted by Crippen LogP contribution is 2.40. The highest BCUT2D eigenvalue weighted by atomic mass is 35.5. The molecule has 0 saturated carbocycles. The predicted molar refractivity (Wildman–Crippen MR) is 124 cm³/mol. The van der Waals surface area contributed by atoms with Crippen molar-refractivity contribution in [2.75, 3.05) is 13.1 Å². The number of benzene rings is 1. The Labute approximate surface area is 206 Å². The molecule has 0 spiro atoms. The number of aromatic nitrogens is 2. The number of hydrogen-bond acceptors (Lipinski definition) is 4. The third-order valence-corrected chi connectivity index (χ3v) is 7.55. The van der Waals surface area contributed by atoms with Crippen LogP contribution in [0, 0.1) is 0 Å². The lowest BCUT2D eigenvalue weighted by molar-refractivity contribution is -0.137. The van der Waals surface area contributed by atoms with Crippen molar-refractivity contribution in [3.8, 4) is 11.3 Å². The predicted octanol–water partition coefficient (Wildman–Crippen LogP) is 6.00. The van der Waals surface area contributed by atoms with Crippen molar-refractivity contribution in [3.05, 3.63) is 60.8 Å². The molecule has 4 rings (SSSR count). The van der Waals surface area contributed by atoms with E-state index in [0.29, 0.717) is 50.6 Å². The molecule has 1 amide bonds. The maximum atomic E-state index is 13.3. The van der Waals surface area contributed by atoms with Crippen molar-refractivity contribution in [3.63, 3.8) is 0 Å². The molecule has 0 radical (unpaired) electrons. The molecule has 176 valence electrons. The molecule has 1 aromatic carbocycles. The minimum absolute atomic E-state index is 0.310. The second-order valence-corrected chi connectivity index (χ2v) is 10.1. The number of nitrogens with one attached hydrogen (secondary N) is 2. The second kappa shape index (κ2) is 9.46. The highest BCUT2D eigenvalue weighted by Gasteiger charge is 2.35. The van der Waals surface area contributed by atoms with Crippen molar-refractivity contribution in [1.82, 2.24) is 20.4 Å². The lowest BCUT2D eigenvalue weighted by Gasteiger charge is -2.33. The van der Waals surface area contributed by atoms with Crippen LogP contribution in [-0.2, 0) is 13.2 Å². The Morgan fingerprint density at radius 3 is 2.67 bits per heavy atom. The van der Waals surface area contributed by atoms with E-state index >= 15 is 0 Å². The number of carbonyl (C=O) groups is 1. The van der Waals surface area contributed by atoms with Gasteiger partial charge in [-0.15, -0.1) is 11.3 Å². The molecule has 1 aliphatic rings. The summed E-state index contributed by atoms with van der Waals surface area (Å²) in [5.41, 5.74) is 0.774. The molecule has 3 heterocycles. The summed E-state index contributed by atoms with van der Waals surface area (Å²) < 4.78 is 42.0. The minimum atomic E-state index is -4.56. The number of hydrogen-bond donors (Lipinski definition) is 2. The summed E-state index contributed by atoms with van der Waals surface area (Å²) in [5, 5.41) is 10.3. The summed E-state index contributed by atoms with van der Waals surface area (Å²) >= 11 is 19.4. The topological polar surface area (TPSA) is 59.0 Å². The monoisotopic (exact) mass is 536 g/mol.